The third-order valence-electron chi connectivity index (χ3n) is 7.18. The van der Waals surface area contributed by atoms with E-state index in [1.165, 1.54) is 67.8 Å². The molecule has 3 heterocycles. The molecule has 0 saturated carbocycles. The van der Waals surface area contributed by atoms with E-state index in [9.17, 15) is 28.7 Å². The zero-order valence-corrected chi connectivity index (χ0v) is 26.3. The van der Waals surface area contributed by atoms with Gasteiger partial charge in [0.25, 0.3) is 5.56 Å². The van der Waals surface area contributed by atoms with Crippen LogP contribution in [0.2, 0.25) is 0 Å². The lowest BCUT2D eigenvalue weighted by molar-refractivity contribution is -0.144. The van der Waals surface area contributed by atoms with E-state index in [4.69, 9.17) is 9.47 Å². The molecule has 0 spiro atoms. The van der Waals surface area contributed by atoms with Crippen LogP contribution in [0.15, 0.2) is 40.2 Å². The van der Waals surface area contributed by atoms with Gasteiger partial charge in [-0.05, 0) is 59.7 Å². The van der Waals surface area contributed by atoms with E-state index >= 15 is 0 Å². The lowest BCUT2D eigenvalue weighted by atomic mass is 10.0. The third kappa shape index (κ3) is 6.15. The van der Waals surface area contributed by atoms with Gasteiger partial charge in [-0.3, -0.25) is 19.0 Å². The van der Waals surface area contributed by atoms with Gasteiger partial charge in [0.05, 0.1) is 44.0 Å². The first-order valence-electron chi connectivity index (χ1n) is 13.8. The first kappa shape index (κ1) is 32.5. The topological polar surface area (TPSA) is 160 Å². The number of aliphatic carboxylic acids is 1. The molecule has 44 heavy (non-hydrogen) atoms. The van der Waals surface area contributed by atoms with E-state index in [2.05, 4.69) is 15.5 Å². The molecule has 0 aliphatic carbocycles. The van der Waals surface area contributed by atoms with Crippen molar-refractivity contribution in [1.29, 1.82) is 0 Å². The summed E-state index contributed by atoms with van der Waals surface area (Å²) in [5, 5.41) is 21.2. The van der Waals surface area contributed by atoms with Crippen molar-refractivity contribution in [3.8, 4) is 10.8 Å². The Balaban J connectivity index is 2.02. The number of hydrogen-bond donors (Lipinski definition) is 2. The van der Waals surface area contributed by atoms with Crippen molar-refractivity contribution < 1.29 is 28.6 Å². The summed E-state index contributed by atoms with van der Waals surface area (Å²) in [5.74, 6) is -2.94. The number of carboxylic acid groups (broad SMARTS) is 1. The monoisotopic (exact) mass is 630 g/mol. The SMILES string of the molecule is COc1ccc(F)cc1[C@H](Cn1c(=O)n(C(C)(C)C(=O)NC(C)C)c(=O)c2c(C)c(-n3nccn3)sc21)OC[C@@H](C)C(=O)O. The maximum absolute atomic E-state index is 14.5. The Bertz CT molecular complexity index is 1810. The average molecular weight is 631 g/mol. The fourth-order valence-corrected chi connectivity index (χ4v) is 5.96. The van der Waals surface area contributed by atoms with Gasteiger partial charge in [-0.2, -0.15) is 10.2 Å². The second kappa shape index (κ2) is 12.7. The number of aryl methyl sites for hydroxylation is 1. The summed E-state index contributed by atoms with van der Waals surface area (Å²) in [6.07, 6.45) is 1.84. The highest BCUT2D eigenvalue weighted by Gasteiger charge is 2.36. The highest BCUT2D eigenvalue weighted by Crippen LogP contribution is 2.34. The predicted octanol–water partition coefficient (Wildman–Crippen LogP) is 3.00. The number of methoxy groups -OCH3 is 1. The average Bonchev–Trinajstić information content (AvgIpc) is 3.60. The smallest absolute Gasteiger partial charge is 0.333 e. The fourth-order valence-electron chi connectivity index (χ4n) is 4.74. The molecule has 2 N–H and O–H groups in total. The van der Waals surface area contributed by atoms with E-state index in [-0.39, 0.29) is 40.7 Å². The van der Waals surface area contributed by atoms with Crippen LogP contribution in [0.3, 0.4) is 0 Å². The second-order valence-electron chi connectivity index (χ2n) is 11.2. The van der Waals surface area contributed by atoms with E-state index in [1.54, 1.807) is 20.8 Å². The Hall–Kier alpha value is -4.37. The van der Waals surface area contributed by atoms with Crippen molar-refractivity contribution in [1.82, 2.24) is 29.4 Å². The van der Waals surface area contributed by atoms with Crippen molar-refractivity contribution in [2.75, 3.05) is 13.7 Å². The van der Waals surface area contributed by atoms with Crippen LogP contribution >= 0.6 is 11.3 Å². The number of hydrogen-bond acceptors (Lipinski definition) is 9. The quantitative estimate of drug-likeness (QED) is 0.240. The number of amides is 1. The summed E-state index contributed by atoms with van der Waals surface area (Å²) in [5.41, 5.74) is -2.42. The Labute approximate surface area is 255 Å². The fraction of sp³-hybridized carbons (Fsp3) is 0.448. The molecule has 0 unspecified atom stereocenters. The Kier molecular flexibility index (Phi) is 9.39. The second-order valence-corrected chi connectivity index (χ2v) is 12.2. The molecule has 2 atom stereocenters. The molecule has 4 rings (SSSR count). The number of rotatable bonds is 12. The van der Waals surface area contributed by atoms with Gasteiger partial charge in [-0.15, -0.1) is 4.80 Å². The van der Waals surface area contributed by atoms with E-state index in [0.29, 0.717) is 10.6 Å². The van der Waals surface area contributed by atoms with Crippen LogP contribution < -0.4 is 21.3 Å². The molecule has 0 aliphatic rings. The van der Waals surface area contributed by atoms with Crippen LogP contribution in [0, 0.1) is 18.7 Å². The van der Waals surface area contributed by atoms with Crippen molar-refractivity contribution in [2.24, 2.45) is 5.92 Å². The van der Waals surface area contributed by atoms with Crippen molar-refractivity contribution >= 4 is 33.4 Å². The summed E-state index contributed by atoms with van der Waals surface area (Å²) in [6.45, 7) is 9.06. The molecule has 0 fully saturated rings. The summed E-state index contributed by atoms with van der Waals surface area (Å²) < 4.78 is 28.2. The number of fused-ring (bicyclic) bond motifs is 1. The zero-order valence-electron chi connectivity index (χ0n) is 25.5. The first-order chi connectivity index (χ1) is 20.7. The van der Waals surface area contributed by atoms with Crippen LogP contribution in [0.1, 0.15) is 51.8 Å². The number of halogens is 1. The summed E-state index contributed by atoms with van der Waals surface area (Å²) in [4.78, 5) is 54.9. The van der Waals surface area contributed by atoms with Gasteiger partial charge >= 0.3 is 11.7 Å². The van der Waals surface area contributed by atoms with E-state index < -0.39 is 46.5 Å². The molecular formula is C29H35FN6O7S. The molecule has 0 bridgehead atoms. The molecule has 13 nitrogen and oxygen atoms in total. The third-order valence-corrected chi connectivity index (χ3v) is 8.46. The summed E-state index contributed by atoms with van der Waals surface area (Å²) in [6, 6.07) is 3.52. The molecule has 0 saturated heterocycles. The molecule has 236 valence electrons. The largest absolute Gasteiger partial charge is 0.496 e. The number of carbonyl (C=O) groups is 2. The van der Waals surface area contributed by atoms with Gasteiger partial charge in [-0.1, -0.05) is 11.3 Å². The highest BCUT2D eigenvalue weighted by molar-refractivity contribution is 7.21. The number of ether oxygens (including phenoxy) is 2. The molecule has 4 aromatic rings. The van der Waals surface area contributed by atoms with Gasteiger partial charge in [0.15, 0.2) is 0 Å². The number of benzene rings is 1. The van der Waals surface area contributed by atoms with E-state index in [1.807, 2.05) is 0 Å². The molecule has 1 amide bonds. The minimum absolute atomic E-state index is 0.163. The first-order valence-corrected chi connectivity index (χ1v) is 14.7. The Morgan fingerprint density at radius 2 is 1.82 bits per heavy atom. The Morgan fingerprint density at radius 3 is 2.41 bits per heavy atom. The number of carbonyl (C=O) groups excluding carboxylic acids is 1. The predicted molar refractivity (Wildman–Crippen MR) is 161 cm³/mol. The molecule has 0 aliphatic heterocycles. The minimum Gasteiger partial charge on any atom is -0.496 e. The van der Waals surface area contributed by atoms with Gasteiger partial charge in [-0.25, -0.2) is 13.8 Å². The number of aromatic nitrogens is 5. The number of nitrogens with one attached hydrogen (secondary N) is 1. The molecule has 15 heteroatoms. The maximum Gasteiger partial charge on any atom is 0.333 e. The van der Waals surface area contributed by atoms with Crippen molar-refractivity contribution in [3.05, 3.63) is 68.4 Å². The van der Waals surface area contributed by atoms with Crippen molar-refractivity contribution in [3.63, 3.8) is 0 Å². The standard InChI is InChI=1S/C29H35FN6O7S/c1-15(2)33-27(40)29(5,6)35-23(37)22-17(4)24(36-31-10-11-32-36)44-25(22)34(28(35)41)13-21(43-14-16(3)26(38)39)19-12-18(30)8-9-20(19)42-7/h8-12,15-16,21H,13-14H2,1-7H3,(H,33,40)(H,38,39)/t16-,21+/m1/s1. The van der Waals surface area contributed by atoms with Crippen molar-refractivity contribution in [2.45, 2.75) is 65.8 Å². The lowest BCUT2D eigenvalue weighted by Crippen LogP contribution is -2.56. The van der Waals surface area contributed by atoms with Crippen LogP contribution in [-0.4, -0.2) is 60.9 Å². The minimum atomic E-state index is -1.63. The number of nitrogens with zero attached hydrogens (tertiary/aromatic N) is 5. The van der Waals surface area contributed by atoms with Crippen LogP contribution in [0.25, 0.3) is 15.2 Å². The van der Waals surface area contributed by atoms with Crippen LogP contribution in [-0.2, 0) is 26.4 Å². The molecular weight excluding hydrogens is 595 g/mol. The molecule has 1 aromatic carbocycles. The highest BCUT2D eigenvalue weighted by atomic mass is 32.1. The summed E-state index contributed by atoms with van der Waals surface area (Å²) >= 11 is 1.09. The van der Waals surface area contributed by atoms with Gasteiger partial charge in [0.1, 0.15) is 33.0 Å². The van der Waals surface area contributed by atoms with Gasteiger partial charge < -0.3 is 19.9 Å². The normalized spacial score (nSPS) is 13.3. The lowest BCUT2D eigenvalue weighted by Gasteiger charge is -2.28. The van der Waals surface area contributed by atoms with Gasteiger partial charge in [0.2, 0.25) is 5.91 Å². The van der Waals surface area contributed by atoms with Crippen LogP contribution in [0.5, 0.6) is 5.75 Å². The zero-order chi connectivity index (χ0) is 32.5. The maximum atomic E-state index is 14.5. The summed E-state index contributed by atoms with van der Waals surface area (Å²) in [7, 11) is 1.39. The number of carboxylic acids is 1. The van der Waals surface area contributed by atoms with Crippen LogP contribution in [0.4, 0.5) is 4.39 Å². The van der Waals surface area contributed by atoms with Gasteiger partial charge in [0, 0.05) is 17.2 Å². The van der Waals surface area contributed by atoms with E-state index in [0.717, 1.165) is 15.9 Å². The molecule has 3 aromatic heterocycles. The Morgan fingerprint density at radius 1 is 1.16 bits per heavy atom. The number of thiophene rings is 1. The molecule has 0 radical (unpaired) electrons.